The molecule has 0 bridgehead atoms. The fourth-order valence-electron chi connectivity index (χ4n) is 1.91. The zero-order chi connectivity index (χ0) is 9.54. The minimum atomic E-state index is -0.0119. The number of fused-ring (bicyclic) bond motifs is 2. The van der Waals surface area contributed by atoms with Crippen molar-refractivity contribution in [3.05, 3.63) is 28.7 Å². The van der Waals surface area contributed by atoms with Gasteiger partial charge in [-0.05, 0) is 12.8 Å². The number of nitrogens with zero attached hydrogens (tertiary/aromatic N) is 4. The zero-order valence-corrected chi connectivity index (χ0v) is 7.68. The molecular formula is C9H10N4O. The molecule has 0 amide bonds. The third-order valence-corrected chi connectivity index (χ3v) is 2.63. The van der Waals surface area contributed by atoms with E-state index in [9.17, 15) is 4.79 Å². The lowest BCUT2D eigenvalue weighted by Gasteiger charge is -2.16. The second kappa shape index (κ2) is 2.67. The van der Waals surface area contributed by atoms with Gasteiger partial charge in [0.05, 0.1) is 0 Å². The number of aryl methyl sites for hydroxylation is 1. The molecule has 5 nitrogen and oxygen atoms in total. The van der Waals surface area contributed by atoms with Gasteiger partial charge in [-0.1, -0.05) is 0 Å². The second-order valence-electron chi connectivity index (χ2n) is 3.52. The number of rotatable bonds is 0. The molecule has 1 aliphatic heterocycles. The van der Waals surface area contributed by atoms with Gasteiger partial charge in [0.1, 0.15) is 5.82 Å². The molecule has 0 unspecified atom stereocenters. The molecule has 0 aromatic carbocycles. The molecule has 14 heavy (non-hydrogen) atoms. The number of hydrogen-bond donors (Lipinski definition) is 0. The predicted molar refractivity (Wildman–Crippen MR) is 50.2 cm³/mol. The van der Waals surface area contributed by atoms with Crippen molar-refractivity contribution in [1.29, 1.82) is 0 Å². The molecule has 5 heteroatoms. The van der Waals surface area contributed by atoms with E-state index in [0.717, 1.165) is 31.6 Å². The first-order valence-electron chi connectivity index (χ1n) is 4.79. The highest BCUT2D eigenvalue weighted by Crippen LogP contribution is 2.09. The summed E-state index contributed by atoms with van der Waals surface area (Å²) in [4.78, 5) is 20.3. The maximum absolute atomic E-state index is 11.9. The topological polar surface area (TPSA) is 52.2 Å². The molecule has 2 aromatic rings. The van der Waals surface area contributed by atoms with E-state index < -0.39 is 0 Å². The summed E-state index contributed by atoms with van der Waals surface area (Å²) in [5.41, 5.74) is -0.0119. The lowest BCUT2D eigenvalue weighted by molar-refractivity contribution is 0.482. The molecule has 2 aromatic heterocycles. The fraction of sp³-hybridized carbons (Fsp3) is 0.444. The SMILES string of the molecule is O=c1n2c(nc3nccn13)CCCC2. The lowest BCUT2D eigenvalue weighted by Crippen LogP contribution is -2.32. The Bertz CT molecular complexity index is 539. The van der Waals surface area contributed by atoms with Crippen LogP contribution in [-0.2, 0) is 13.0 Å². The van der Waals surface area contributed by atoms with Crippen molar-refractivity contribution in [3.8, 4) is 0 Å². The van der Waals surface area contributed by atoms with Crippen LogP contribution in [0.15, 0.2) is 17.2 Å². The van der Waals surface area contributed by atoms with Gasteiger partial charge >= 0.3 is 5.69 Å². The van der Waals surface area contributed by atoms with Crippen LogP contribution in [-0.4, -0.2) is 18.9 Å². The van der Waals surface area contributed by atoms with Gasteiger partial charge in [-0.15, -0.1) is 0 Å². The largest absolute Gasteiger partial charge is 0.336 e. The van der Waals surface area contributed by atoms with Crippen molar-refractivity contribution < 1.29 is 0 Å². The van der Waals surface area contributed by atoms with E-state index in [-0.39, 0.29) is 5.69 Å². The summed E-state index contributed by atoms with van der Waals surface area (Å²) in [5, 5.41) is 0. The van der Waals surface area contributed by atoms with E-state index >= 15 is 0 Å². The van der Waals surface area contributed by atoms with Gasteiger partial charge < -0.3 is 0 Å². The van der Waals surface area contributed by atoms with Crippen LogP contribution in [0.4, 0.5) is 0 Å². The Hall–Kier alpha value is -1.65. The maximum Gasteiger partial charge on any atom is 0.336 e. The van der Waals surface area contributed by atoms with Crippen molar-refractivity contribution in [2.45, 2.75) is 25.8 Å². The van der Waals surface area contributed by atoms with Gasteiger partial charge in [0.15, 0.2) is 0 Å². The first-order chi connectivity index (χ1) is 6.86. The van der Waals surface area contributed by atoms with Crippen molar-refractivity contribution >= 4 is 5.78 Å². The Labute approximate surface area is 80.0 Å². The van der Waals surface area contributed by atoms with E-state index in [1.54, 1.807) is 17.0 Å². The molecule has 0 atom stereocenters. The Morgan fingerprint density at radius 3 is 3.21 bits per heavy atom. The number of imidazole rings is 1. The standard InChI is InChI=1S/C9H10N4O/c14-9-12-5-2-1-3-7(12)11-8-10-4-6-13(8)9/h4,6H,1-3,5H2. The summed E-state index contributed by atoms with van der Waals surface area (Å²) in [5.74, 6) is 1.39. The summed E-state index contributed by atoms with van der Waals surface area (Å²) >= 11 is 0. The van der Waals surface area contributed by atoms with Gasteiger partial charge in [-0.2, -0.15) is 4.98 Å². The smallest absolute Gasteiger partial charge is 0.281 e. The summed E-state index contributed by atoms with van der Waals surface area (Å²) in [6.07, 6.45) is 6.33. The second-order valence-corrected chi connectivity index (χ2v) is 3.52. The Morgan fingerprint density at radius 2 is 2.29 bits per heavy atom. The molecule has 72 valence electrons. The molecule has 0 fully saturated rings. The molecule has 0 N–H and O–H groups in total. The monoisotopic (exact) mass is 190 g/mol. The molecule has 0 radical (unpaired) electrons. The molecule has 0 saturated heterocycles. The molecule has 3 rings (SSSR count). The van der Waals surface area contributed by atoms with Gasteiger partial charge in [0, 0.05) is 25.4 Å². The highest BCUT2D eigenvalue weighted by atomic mass is 16.1. The quantitative estimate of drug-likeness (QED) is 0.597. The van der Waals surface area contributed by atoms with Crippen LogP contribution in [0.25, 0.3) is 5.78 Å². The van der Waals surface area contributed by atoms with E-state index in [4.69, 9.17) is 0 Å². The van der Waals surface area contributed by atoms with Gasteiger partial charge in [-0.3, -0.25) is 4.57 Å². The summed E-state index contributed by atoms with van der Waals surface area (Å²) in [6.45, 7) is 0.787. The zero-order valence-electron chi connectivity index (χ0n) is 7.68. The minimum absolute atomic E-state index is 0.0119. The molecule has 3 heterocycles. The van der Waals surface area contributed by atoms with Crippen LogP contribution in [0.2, 0.25) is 0 Å². The van der Waals surface area contributed by atoms with Crippen LogP contribution in [0.3, 0.4) is 0 Å². The average Bonchev–Trinajstić information content (AvgIpc) is 2.66. The van der Waals surface area contributed by atoms with Crippen molar-refractivity contribution in [3.63, 3.8) is 0 Å². The third-order valence-electron chi connectivity index (χ3n) is 2.63. The predicted octanol–water partition coefficient (Wildman–Crippen LogP) is 0.227. The molecule has 0 aliphatic carbocycles. The average molecular weight is 190 g/mol. The first kappa shape index (κ1) is 7.73. The fourth-order valence-corrected chi connectivity index (χ4v) is 1.91. The summed E-state index contributed by atoms with van der Waals surface area (Å²) in [7, 11) is 0. The third kappa shape index (κ3) is 0.921. The van der Waals surface area contributed by atoms with Crippen LogP contribution in [0.5, 0.6) is 0 Å². The molecular weight excluding hydrogens is 180 g/mol. The molecule has 0 saturated carbocycles. The first-order valence-corrected chi connectivity index (χ1v) is 4.79. The van der Waals surface area contributed by atoms with Gasteiger partial charge in [0.2, 0.25) is 5.78 Å². The van der Waals surface area contributed by atoms with E-state index in [1.807, 2.05) is 0 Å². The Kier molecular flexibility index (Phi) is 1.47. The minimum Gasteiger partial charge on any atom is -0.281 e. The molecule has 0 spiro atoms. The van der Waals surface area contributed by atoms with Crippen LogP contribution in [0.1, 0.15) is 18.7 Å². The lowest BCUT2D eigenvalue weighted by atomic mass is 10.2. The van der Waals surface area contributed by atoms with Crippen molar-refractivity contribution in [2.75, 3.05) is 0 Å². The van der Waals surface area contributed by atoms with Gasteiger partial charge in [0.25, 0.3) is 0 Å². The Balaban J connectivity index is 2.42. The van der Waals surface area contributed by atoms with Crippen LogP contribution in [0, 0.1) is 0 Å². The number of hydrogen-bond acceptors (Lipinski definition) is 3. The summed E-state index contributed by atoms with van der Waals surface area (Å²) in [6, 6.07) is 0. The van der Waals surface area contributed by atoms with Crippen molar-refractivity contribution in [2.24, 2.45) is 0 Å². The van der Waals surface area contributed by atoms with E-state index in [1.165, 1.54) is 4.40 Å². The number of aromatic nitrogens is 4. The Morgan fingerprint density at radius 1 is 1.36 bits per heavy atom. The van der Waals surface area contributed by atoms with E-state index in [2.05, 4.69) is 9.97 Å². The van der Waals surface area contributed by atoms with Crippen molar-refractivity contribution in [1.82, 2.24) is 18.9 Å². The highest BCUT2D eigenvalue weighted by Gasteiger charge is 2.14. The molecule has 1 aliphatic rings. The highest BCUT2D eigenvalue weighted by molar-refractivity contribution is 5.26. The van der Waals surface area contributed by atoms with Gasteiger partial charge in [-0.25, -0.2) is 14.2 Å². The van der Waals surface area contributed by atoms with Crippen LogP contribution >= 0.6 is 0 Å². The van der Waals surface area contributed by atoms with E-state index in [0.29, 0.717) is 5.78 Å². The normalized spacial score (nSPS) is 15.7. The maximum atomic E-state index is 11.9. The van der Waals surface area contributed by atoms with Crippen LogP contribution < -0.4 is 5.69 Å². The summed E-state index contributed by atoms with van der Waals surface area (Å²) < 4.78 is 3.24.